The van der Waals surface area contributed by atoms with Crippen molar-refractivity contribution in [2.24, 2.45) is 4.99 Å². The summed E-state index contributed by atoms with van der Waals surface area (Å²) in [6, 6.07) is 3.81. The Morgan fingerprint density at radius 2 is 2.11 bits per heavy atom. The molecule has 19 heavy (non-hydrogen) atoms. The van der Waals surface area contributed by atoms with Crippen LogP contribution in [0.25, 0.3) is 0 Å². The molecule has 0 aliphatic carbocycles. The molecule has 0 saturated carbocycles. The average Bonchev–Trinajstić information content (AvgIpc) is 2.74. The summed E-state index contributed by atoms with van der Waals surface area (Å²) in [5.41, 5.74) is 0. The minimum absolute atomic E-state index is 0. The molecule has 0 fully saturated rings. The molecule has 0 atom stereocenters. The second-order valence-electron chi connectivity index (χ2n) is 3.77. The van der Waals surface area contributed by atoms with Crippen molar-refractivity contribution < 1.29 is 4.79 Å². The smallest absolute Gasteiger partial charge is 0.241 e. The molecule has 1 heterocycles. The fraction of sp³-hybridized carbons (Fsp3) is 0.455. The second-order valence-corrected chi connectivity index (χ2v) is 5.57. The molecule has 1 amide bonds. The van der Waals surface area contributed by atoms with Crippen molar-refractivity contribution in [1.82, 2.24) is 15.5 Å². The van der Waals surface area contributed by atoms with E-state index in [4.69, 9.17) is 11.6 Å². The van der Waals surface area contributed by atoms with Gasteiger partial charge in [-0.15, -0.1) is 35.3 Å². The van der Waals surface area contributed by atoms with E-state index in [1.807, 2.05) is 12.1 Å². The van der Waals surface area contributed by atoms with Crippen molar-refractivity contribution in [3.63, 3.8) is 0 Å². The number of halogens is 2. The molecule has 0 radical (unpaired) electrons. The number of rotatable bonds is 4. The monoisotopic (exact) mass is 416 g/mol. The number of thiophene rings is 1. The zero-order valence-corrected chi connectivity index (χ0v) is 15.0. The van der Waals surface area contributed by atoms with Crippen LogP contribution in [0.5, 0.6) is 0 Å². The lowest BCUT2D eigenvalue weighted by Gasteiger charge is -2.13. The summed E-state index contributed by atoms with van der Waals surface area (Å²) in [5, 5.41) is 6.06. The van der Waals surface area contributed by atoms with E-state index in [0.717, 1.165) is 9.21 Å². The van der Waals surface area contributed by atoms with Gasteiger partial charge in [0.2, 0.25) is 5.91 Å². The number of likely N-dealkylation sites (N-methyl/N-ethyl adjacent to an activating group) is 1. The van der Waals surface area contributed by atoms with Gasteiger partial charge in [0.25, 0.3) is 0 Å². The largest absolute Gasteiger partial charge is 0.352 e. The van der Waals surface area contributed by atoms with E-state index in [9.17, 15) is 4.79 Å². The van der Waals surface area contributed by atoms with Crippen LogP contribution >= 0.6 is 46.9 Å². The SMILES string of the molecule is CN=C(NCC(=O)N(C)C)NCc1ccc(Cl)s1.I. The van der Waals surface area contributed by atoms with Crippen molar-refractivity contribution in [3.05, 3.63) is 21.3 Å². The van der Waals surface area contributed by atoms with Gasteiger partial charge in [0.15, 0.2) is 5.96 Å². The van der Waals surface area contributed by atoms with Gasteiger partial charge in [-0.05, 0) is 12.1 Å². The van der Waals surface area contributed by atoms with Gasteiger partial charge < -0.3 is 15.5 Å². The van der Waals surface area contributed by atoms with Crippen LogP contribution in [0.1, 0.15) is 4.88 Å². The Morgan fingerprint density at radius 3 is 2.58 bits per heavy atom. The van der Waals surface area contributed by atoms with Gasteiger partial charge in [-0.1, -0.05) is 11.6 Å². The standard InChI is InChI=1S/C11H17ClN4OS.HI/c1-13-11(15-7-10(17)16(2)3)14-6-8-4-5-9(12)18-8;/h4-5H,6-7H2,1-3H3,(H2,13,14,15);1H. The molecular formula is C11H18ClIN4OS. The second kappa shape index (κ2) is 9.38. The molecule has 0 bridgehead atoms. The number of nitrogens with one attached hydrogen (secondary N) is 2. The Morgan fingerprint density at radius 1 is 1.42 bits per heavy atom. The van der Waals surface area contributed by atoms with Crippen molar-refractivity contribution in [2.75, 3.05) is 27.7 Å². The lowest BCUT2D eigenvalue weighted by molar-refractivity contribution is -0.127. The Kier molecular flexibility index (Phi) is 9.11. The number of carbonyl (C=O) groups is 1. The van der Waals surface area contributed by atoms with Crippen LogP contribution < -0.4 is 10.6 Å². The maximum absolute atomic E-state index is 11.4. The van der Waals surface area contributed by atoms with Gasteiger partial charge in [0.1, 0.15) is 0 Å². The molecule has 108 valence electrons. The van der Waals surface area contributed by atoms with E-state index in [0.29, 0.717) is 12.5 Å². The molecule has 0 aromatic carbocycles. The summed E-state index contributed by atoms with van der Waals surface area (Å²) in [6.45, 7) is 0.852. The summed E-state index contributed by atoms with van der Waals surface area (Å²) >= 11 is 7.36. The number of hydrogen-bond donors (Lipinski definition) is 2. The highest BCUT2D eigenvalue weighted by Crippen LogP contribution is 2.20. The van der Waals surface area contributed by atoms with E-state index in [2.05, 4.69) is 15.6 Å². The molecule has 5 nitrogen and oxygen atoms in total. The molecule has 0 spiro atoms. The Labute approximate surface area is 139 Å². The van der Waals surface area contributed by atoms with E-state index < -0.39 is 0 Å². The summed E-state index contributed by atoms with van der Waals surface area (Å²) in [7, 11) is 5.10. The zero-order chi connectivity index (χ0) is 13.5. The predicted molar refractivity (Wildman–Crippen MR) is 91.6 cm³/mol. The lowest BCUT2D eigenvalue weighted by atomic mass is 10.4. The molecule has 0 unspecified atom stereocenters. The molecule has 2 N–H and O–H groups in total. The van der Waals surface area contributed by atoms with Gasteiger partial charge in [0, 0.05) is 26.0 Å². The molecule has 0 saturated heterocycles. The maximum Gasteiger partial charge on any atom is 0.241 e. The number of carbonyl (C=O) groups excluding carboxylic acids is 1. The lowest BCUT2D eigenvalue weighted by Crippen LogP contribution is -2.42. The molecule has 8 heteroatoms. The summed E-state index contributed by atoms with van der Waals surface area (Å²) in [5.74, 6) is 0.590. The van der Waals surface area contributed by atoms with Gasteiger partial charge in [-0.25, -0.2) is 0 Å². The predicted octanol–water partition coefficient (Wildman–Crippen LogP) is 1.77. The molecule has 1 aromatic heterocycles. The fourth-order valence-corrected chi connectivity index (χ4v) is 2.18. The number of nitrogens with zero attached hydrogens (tertiary/aromatic N) is 2. The van der Waals surface area contributed by atoms with Crippen LogP contribution in [0.3, 0.4) is 0 Å². The van der Waals surface area contributed by atoms with E-state index in [1.165, 1.54) is 16.2 Å². The zero-order valence-electron chi connectivity index (χ0n) is 11.1. The quantitative estimate of drug-likeness (QED) is 0.447. The van der Waals surface area contributed by atoms with Gasteiger partial charge in [-0.3, -0.25) is 9.79 Å². The van der Waals surface area contributed by atoms with E-state index in [1.54, 1.807) is 21.1 Å². The topological polar surface area (TPSA) is 56.7 Å². The van der Waals surface area contributed by atoms with E-state index >= 15 is 0 Å². The van der Waals surface area contributed by atoms with Gasteiger partial charge in [0.05, 0.1) is 17.4 Å². The van der Waals surface area contributed by atoms with E-state index in [-0.39, 0.29) is 36.4 Å². The number of aliphatic imine (C=N–C) groups is 1. The van der Waals surface area contributed by atoms with Crippen LogP contribution in [0, 0.1) is 0 Å². The van der Waals surface area contributed by atoms with Gasteiger partial charge in [-0.2, -0.15) is 0 Å². The number of amides is 1. The van der Waals surface area contributed by atoms with Gasteiger partial charge >= 0.3 is 0 Å². The average molecular weight is 417 g/mol. The Bertz CT molecular complexity index is 436. The first kappa shape index (κ1) is 18.5. The Hall–Kier alpha value is -0.540. The van der Waals surface area contributed by atoms with Crippen LogP contribution in [0.2, 0.25) is 4.34 Å². The third-order valence-electron chi connectivity index (χ3n) is 2.19. The van der Waals surface area contributed by atoms with Crippen LogP contribution in [-0.2, 0) is 11.3 Å². The molecule has 0 aliphatic heterocycles. The Balaban J connectivity index is 0.00000324. The van der Waals surface area contributed by atoms with Crippen LogP contribution in [-0.4, -0.2) is 44.5 Å². The molecule has 0 aliphatic rings. The maximum atomic E-state index is 11.4. The first-order valence-corrected chi connectivity index (χ1v) is 6.61. The van der Waals surface area contributed by atoms with Crippen molar-refractivity contribution >= 4 is 58.8 Å². The highest BCUT2D eigenvalue weighted by molar-refractivity contribution is 14.0. The third-order valence-corrected chi connectivity index (χ3v) is 3.42. The van der Waals surface area contributed by atoms with Crippen LogP contribution in [0.4, 0.5) is 0 Å². The van der Waals surface area contributed by atoms with Crippen LogP contribution in [0.15, 0.2) is 17.1 Å². The minimum Gasteiger partial charge on any atom is -0.352 e. The minimum atomic E-state index is -0.00267. The summed E-state index contributed by atoms with van der Waals surface area (Å²) in [4.78, 5) is 18.1. The number of hydrogen-bond acceptors (Lipinski definition) is 3. The highest BCUT2D eigenvalue weighted by atomic mass is 127. The molecule has 1 aromatic rings. The van der Waals surface area contributed by atoms with Crippen molar-refractivity contribution in [1.29, 1.82) is 0 Å². The molecule has 1 rings (SSSR count). The number of guanidine groups is 1. The normalized spacial score (nSPS) is 10.6. The van der Waals surface area contributed by atoms with Crippen molar-refractivity contribution in [2.45, 2.75) is 6.54 Å². The summed E-state index contributed by atoms with van der Waals surface area (Å²) in [6.07, 6.45) is 0. The van der Waals surface area contributed by atoms with Crippen molar-refractivity contribution in [3.8, 4) is 0 Å². The first-order valence-electron chi connectivity index (χ1n) is 5.42. The highest BCUT2D eigenvalue weighted by Gasteiger charge is 2.05. The summed E-state index contributed by atoms with van der Waals surface area (Å²) < 4.78 is 0.762. The first-order chi connectivity index (χ1) is 8.52. The fourth-order valence-electron chi connectivity index (χ4n) is 1.16. The third kappa shape index (κ3) is 6.98. The molecular weight excluding hydrogens is 399 g/mol.